The predicted molar refractivity (Wildman–Crippen MR) is 130 cm³/mol. The molecule has 0 bridgehead atoms. The molecule has 0 saturated heterocycles. The maximum Gasteiger partial charge on any atom is 0.216 e. The Morgan fingerprint density at radius 2 is 1.39 bits per heavy atom. The molecule has 1 amide bonds. The van der Waals surface area contributed by atoms with Gasteiger partial charge in [0.15, 0.2) is 0 Å². The Balaban J connectivity index is 0.000000296. The van der Waals surface area contributed by atoms with E-state index in [-0.39, 0.29) is 18.0 Å². The number of aryl methyl sites for hydroxylation is 2. The number of carbonyl (C=O) groups is 1. The number of nitrogens with one attached hydrogen (secondary N) is 3. The number of aromatic nitrogens is 2. The van der Waals surface area contributed by atoms with Gasteiger partial charge in [-0.05, 0) is 68.6 Å². The van der Waals surface area contributed by atoms with Gasteiger partial charge in [-0.15, -0.1) is 0 Å². The van der Waals surface area contributed by atoms with Gasteiger partial charge in [0.2, 0.25) is 5.91 Å². The quantitative estimate of drug-likeness (QED) is 0.365. The van der Waals surface area contributed by atoms with Gasteiger partial charge in [0.25, 0.3) is 0 Å². The molecule has 2 aromatic heterocycles. The SMILES string of the molecule is C.CC(=O)NCCc1c[nH]c2ccc(C)cc12.Cc1ccc2[nH]cc(CCN)c2c1.F. The number of hydrogen-bond acceptors (Lipinski definition) is 2. The Hall–Kier alpha value is -3.12. The first-order valence-electron chi connectivity index (χ1n) is 10.1. The minimum Gasteiger partial charge on any atom is -0.361 e. The maximum absolute atomic E-state index is 10.8. The lowest BCUT2D eigenvalue weighted by molar-refractivity contribution is -0.118. The molecule has 0 atom stereocenters. The van der Waals surface area contributed by atoms with Crippen molar-refractivity contribution in [2.75, 3.05) is 13.1 Å². The molecule has 168 valence electrons. The van der Waals surface area contributed by atoms with Gasteiger partial charge in [0, 0.05) is 47.7 Å². The third-order valence-electron chi connectivity index (χ3n) is 5.03. The highest BCUT2D eigenvalue weighted by molar-refractivity contribution is 5.84. The molecule has 31 heavy (non-hydrogen) atoms. The van der Waals surface area contributed by atoms with Crippen LogP contribution in [-0.2, 0) is 17.6 Å². The molecule has 0 fully saturated rings. The minimum atomic E-state index is 0. The van der Waals surface area contributed by atoms with Crippen LogP contribution in [0.4, 0.5) is 4.70 Å². The van der Waals surface area contributed by atoms with Crippen LogP contribution in [0.3, 0.4) is 0 Å². The third kappa shape index (κ3) is 6.69. The second-order valence-electron chi connectivity index (χ2n) is 7.50. The monoisotopic (exact) mass is 426 g/mol. The van der Waals surface area contributed by atoms with E-state index in [0.29, 0.717) is 13.1 Å². The van der Waals surface area contributed by atoms with Gasteiger partial charge in [-0.3, -0.25) is 9.50 Å². The van der Waals surface area contributed by atoms with Gasteiger partial charge in [0.1, 0.15) is 0 Å². The van der Waals surface area contributed by atoms with E-state index >= 15 is 0 Å². The number of carbonyl (C=O) groups excluding carboxylic acids is 1. The van der Waals surface area contributed by atoms with Crippen molar-refractivity contribution in [1.82, 2.24) is 15.3 Å². The molecular weight excluding hydrogens is 391 g/mol. The Morgan fingerprint density at radius 1 is 0.903 bits per heavy atom. The lowest BCUT2D eigenvalue weighted by Gasteiger charge is -2.01. The van der Waals surface area contributed by atoms with Gasteiger partial charge in [-0.1, -0.05) is 30.7 Å². The van der Waals surface area contributed by atoms with Crippen LogP contribution in [0.5, 0.6) is 0 Å². The van der Waals surface area contributed by atoms with Crippen molar-refractivity contribution < 1.29 is 9.50 Å². The smallest absolute Gasteiger partial charge is 0.216 e. The van der Waals surface area contributed by atoms with Crippen molar-refractivity contribution in [2.24, 2.45) is 5.73 Å². The molecule has 0 saturated carbocycles. The largest absolute Gasteiger partial charge is 0.361 e. The first-order chi connectivity index (χ1) is 14.0. The average Bonchev–Trinajstić information content (AvgIpc) is 3.26. The summed E-state index contributed by atoms with van der Waals surface area (Å²) in [5.74, 6) is 0.0241. The lowest BCUT2D eigenvalue weighted by Crippen LogP contribution is -2.22. The van der Waals surface area contributed by atoms with Gasteiger partial charge < -0.3 is 21.0 Å². The minimum absolute atomic E-state index is 0. The zero-order valence-electron chi connectivity index (χ0n) is 17.8. The summed E-state index contributed by atoms with van der Waals surface area (Å²) in [7, 11) is 0. The van der Waals surface area contributed by atoms with Gasteiger partial charge in [0.05, 0.1) is 0 Å². The normalized spacial score (nSPS) is 10.1. The van der Waals surface area contributed by atoms with Crippen LogP contribution < -0.4 is 11.1 Å². The summed E-state index contributed by atoms with van der Waals surface area (Å²) in [6, 6.07) is 12.8. The van der Waals surface area contributed by atoms with Crippen molar-refractivity contribution >= 4 is 27.7 Å². The highest BCUT2D eigenvalue weighted by atomic mass is 19.0. The highest BCUT2D eigenvalue weighted by Gasteiger charge is 2.04. The molecule has 6 heteroatoms. The summed E-state index contributed by atoms with van der Waals surface area (Å²) in [5.41, 5.74) is 13.0. The van der Waals surface area contributed by atoms with Crippen LogP contribution in [0.1, 0.15) is 36.6 Å². The van der Waals surface area contributed by atoms with Crippen molar-refractivity contribution in [2.45, 2.75) is 41.0 Å². The predicted octanol–water partition coefficient (Wildman–Crippen LogP) is 4.92. The first kappa shape index (κ1) is 25.9. The van der Waals surface area contributed by atoms with Crippen LogP contribution in [0.2, 0.25) is 0 Å². The summed E-state index contributed by atoms with van der Waals surface area (Å²) in [6.07, 6.45) is 5.88. The standard InChI is InChI=1S/C13H16N2O.C11H14N2.CH4.FH/c1-9-3-4-13-12(7-9)11(8-15-13)5-6-14-10(2)16;1-8-2-3-11-10(6-8)9(4-5-12)7-13-11;;/h3-4,7-8,15H,5-6H2,1-2H3,(H,14,16);2-3,6-7,13H,4-5,12H2,1H3;1H4;1H. The average molecular weight is 427 g/mol. The van der Waals surface area contributed by atoms with Gasteiger partial charge >= 0.3 is 0 Å². The van der Waals surface area contributed by atoms with E-state index in [0.717, 1.165) is 18.4 Å². The number of aromatic amines is 2. The van der Waals surface area contributed by atoms with Crippen LogP contribution in [0.25, 0.3) is 21.8 Å². The second kappa shape index (κ2) is 11.9. The fourth-order valence-electron chi connectivity index (χ4n) is 3.53. The number of amides is 1. The van der Waals surface area contributed by atoms with Crippen LogP contribution in [0.15, 0.2) is 48.8 Å². The van der Waals surface area contributed by atoms with Gasteiger partial charge in [-0.25, -0.2) is 0 Å². The van der Waals surface area contributed by atoms with Crippen LogP contribution in [-0.4, -0.2) is 29.0 Å². The molecule has 4 rings (SSSR count). The van der Waals surface area contributed by atoms with Crippen LogP contribution in [0, 0.1) is 13.8 Å². The fraction of sp³-hybridized carbons (Fsp3) is 0.320. The Morgan fingerprint density at radius 3 is 1.84 bits per heavy atom. The number of hydrogen-bond donors (Lipinski definition) is 4. The molecule has 2 heterocycles. The van der Waals surface area contributed by atoms with Crippen molar-refractivity contribution in [3.05, 3.63) is 71.0 Å². The molecule has 0 unspecified atom stereocenters. The second-order valence-corrected chi connectivity index (χ2v) is 7.50. The molecule has 5 nitrogen and oxygen atoms in total. The molecular formula is C25H35FN4O. The number of nitrogens with two attached hydrogens (primary N) is 1. The van der Waals surface area contributed by atoms with E-state index < -0.39 is 0 Å². The van der Waals surface area contributed by atoms with E-state index in [4.69, 9.17) is 5.73 Å². The number of halogens is 1. The summed E-state index contributed by atoms with van der Waals surface area (Å²) >= 11 is 0. The number of rotatable bonds is 5. The summed E-state index contributed by atoms with van der Waals surface area (Å²) in [5, 5.41) is 5.38. The molecule has 4 aromatic rings. The van der Waals surface area contributed by atoms with Crippen LogP contribution >= 0.6 is 0 Å². The fourth-order valence-corrected chi connectivity index (χ4v) is 3.53. The molecule has 0 aliphatic rings. The summed E-state index contributed by atoms with van der Waals surface area (Å²) in [6.45, 7) is 7.14. The Bertz CT molecular complexity index is 1110. The summed E-state index contributed by atoms with van der Waals surface area (Å²) in [4.78, 5) is 17.3. The molecule has 0 spiro atoms. The van der Waals surface area contributed by atoms with E-state index in [1.165, 1.54) is 38.5 Å². The van der Waals surface area contributed by atoms with E-state index in [2.05, 4.69) is 71.7 Å². The highest BCUT2D eigenvalue weighted by Crippen LogP contribution is 2.20. The third-order valence-corrected chi connectivity index (χ3v) is 5.03. The molecule has 2 aromatic carbocycles. The Kier molecular flexibility index (Phi) is 9.96. The number of benzene rings is 2. The molecule has 0 aliphatic carbocycles. The molecule has 0 radical (unpaired) electrons. The molecule has 5 N–H and O–H groups in total. The number of H-pyrrole nitrogens is 2. The summed E-state index contributed by atoms with van der Waals surface area (Å²) < 4.78 is 0. The van der Waals surface area contributed by atoms with E-state index in [1.54, 1.807) is 6.92 Å². The van der Waals surface area contributed by atoms with E-state index in [9.17, 15) is 4.79 Å². The number of fused-ring (bicyclic) bond motifs is 2. The van der Waals surface area contributed by atoms with Gasteiger partial charge in [-0.2, -0.15) is 0 Å². The lowest BCUT2D eigenvalue weighted by atomic mass is 10.1. The topological polar surface area (TPSA) is 86.7 Å². The first-order valence-corrected chi connectivity index (χ1v) is 10.1. The van der Waals surface area contributed by atoms with Crippen molar-refractivity contribution in [3.8, 4) is 0 Å². The van der Waals surface area contributed by atoms with E-state index in [1.807, 2.05) is 6.20 Å². The maximum atomic E-state index is 10.8. The zero-order valence-corrected chi connectivity index (χ0v) is 17.8. The van der Waals surface area contributed by atoms with Crippen molar-refractivity contribution in [3.63, 3.8) is 0 Å². The van der Waals surface area contributed by atoms with Crippen molar-refractivity contribution in [1.29, 1.82) is 0 Å². The zero-order chi connectivity index (χ0) is 20.8. The molecule has 0 aliphatic heterocycles. The Labute approximate surface area is 183 Å².